The predicted octanol–water partition coefficient (Wildman–Crippen LogP) is 2.37. The van der Waals surface area contributed by atoms with Crippen molar-refractivity contribution in [3.05, 3.63) is 35.6 Å². The summed E-state index contributed by atoms with van der Waals surface area (Å²) in [5.74, 6) is 0.820. The number of benzene rings is 1. The Balaban J connectivity index is 1.31. The molecule has 6 heteroatoms. The van der Waals surface area contributed by atoms with E-state index in [-0.39, 0.29) is 11.8 Å². The molecule has 0 aromatic heterocycles. The third-order valence-electron chi connectivity index (χ3n) is 5.19. The number of likely N-dealkylation sites (tertiary alicyclic amines) is 1. The van der Waals surface area contributed by atoms with Crippen molar-refractivity contribution >= 4 is 6.03 Å². The molecule has 2 N–H and O–H groups in total. The van der Waals surface area contributed by atoms with Gasteiger partial charge in [0.15, 0.2) is 0 Å². The minimum absolute atomic E-state index is 0.0827. The lowest BCUT2D eigenvalue weighted by atomic mass is 9.96. The summed E-state index contributed by atoms with van der Waals surface area (Å²) < 4.78 is 19.0. The van der Waals surface area contributed by atoms with Crippen LogP contribution in [-0.4, -0.2) is 50.3 Å². The third kappa shape index (κ3) is 5.68. The van der Waals surface area contributed by atoms with E-state index in [0.717, 1.165) is 51.1 Å². The van der Waals surface area contributed by atoms with E-state index < -0.39 is 0 Å². The van der Waals surface area contributed by atoms with Crippen LogP contribution in [0.2, 0.25) is 0 Å². The van der Waals surface area contributed by atoms with Crippen LogP contribution >= 0.6 is 0 Å². The van der Waals surface area contributed by atoms with Crippen molar-refractivity contribution in [2.45, 2.75) is 25.8 Å². The van der Waals surface area contributed by atoms with E-state index in [1.807, 2.05) is 12.1 Å². The summed E-state index contributed by atoms with van der Waals surface area (Å²) in [5.41, 5.74) is 0.759. The summed E-state index contributed by atoms with van der Waals surface area (Å²) in [5, 5.41) is 5.91. The van der Waals surface area contributed by atoms with Gasteiger partial charge >= 0.3 is 6.03 Å². The number of amides is 2. The number of carbonyl (C=O) groups is 1. The third-order valence-corrected chi connectivity index (χ3v) is 5.19. The normalized spacial score (nSPS) is 22.0. The molecule has 2 heterocycles. The van der Waals surface area contributed by atoms with Gasteiger partial charge in [0, 0.05) is 37.7 Å². The lowest BCUT2D eigenvalue weighted by Gasteiger charge is -2.32. The molecule has 0 bridgehead atoms. The molecule has 25 heavy (non-hydrogen) atoms. The molecule has 0 aliphatic carbocycles. The van der Waals surface area contributed by atoms with Crippen LogP contribution in [0.5, 0.6) is 0 Å². The molecular weight excluding hydrogens is 321 g/mol. The number of nitrogens with one attached hydrogen (secondary N) is 2. The summed E-state index contributed by atoms with van der Waals surface area (Å²) in [6, 6.07) is 6.89. The standard InChI is InChI=1S/C19H28FN3O2/c20-18-4-2-1-3-17(18)13-23-8-5-15(6-9-23)11-21-19(24)22-12-16-7-10-25-14-16/h1-4,15-16H,5-14H2,(H2,21,22,24). The molecule has 2 aliphatic heterocycles. The number of halogens is 1. The van der Waals surface area contributed by atoms with E-state index >= 15 is 0 Å². The molecule has 0 radical (unpaired) electrons. The van der Waals surface area contributed by atoms with Gasteiger partial charge in [-0.1, -0.05) is 18.2 Å². The van der Waals surface area contributed by atoms with Crippen LogP contribution in [0.1, 0.15) is 24.8 Å². The Bertz CT molecular complexity index is 555. The van der Waals surface area contributed by atoms with Gasteiger partial charge in [-0.15, -0.1) is 0 Å². The van der Waals surface area contributed by atoms with E-state index in [1.165, 1.54) is 6.07 Å². The monoisotopic (exact) mass is 349 g/mol. The second kappa shape index (κ2) is 9.15. The Morgan fingerprint density at radius 3 is 2.52 bits per heavy atom. The Labute approximate surface area is 148 Å². The average molecular weight is 349 g/mol. The molecule has 2 fully saturated rings. The molecule has 5 nitrogen and oxygen atoms in total. The fourth-order valence-electron chi connectivity index (χ4n) is 3.50. The smallest absolute Gasteiger partial charge is 0.314 e. The highest BCUT2D eigenvalue weighted by atomic mass is 19.1. The maximum Gasteiger partial charge on any atom is 0.314 e. The zero-order chi connectivity index (χ0) is 17.5. The fourth-order valence-corrected chi connectivity index (χ4v) is 3.50. The van der Waals surface area contributed by atoms with Gasteiger partial charge in [-0.05, 0) is 44.3 Å². The number of rotatable bonds is 6. The Hall–Kier alpha value is -1.66. The van der Waals surface area contributed by atoms with Crippen LogP contribution in [0, 0.1) is 17.7 Å². The van der Waals surface area contributed by atoms with Crippen LogP contribution in [0.4, 0.5) is 9.18 Å². The zero-order valence-corrected chi connectivity index (χ0v) is 14.7. The largest absolute Gasteiger partial charge is 0.381 e. The molecule has 1 aromatic rings. The first kappa shape index (κ1) is 18.1. The van der Waals surface area contributed by atoms with E-state index in [1.54, 1.807) is 6.07 Å². The quantitative estimate of drug-likeness (QED) is 0.829. The maximum atomic E-state index is 13.7. The molecule has 1 unspecified atom stereocenters. The van der Waals surface area contributed by atoms with Gasteiger partial charge in [0.2, 0.25) is 0 Å². The second-order valence-electron chi connectivity index (χ2n) is 7.13. The Morgan fingerprint density at radius 1 is 1.12 bits per heavy atom. The highest BCUT2D eigenvalue weighted by Gasteiger charge is 2.21. The van der Waals surface area contributed by atoms with E-state index in [4.69, 9.17) is 4.74 Å². The second-order valence-corrected chi connectivity index (χ2v) is 7.13. The molecule has 0 spiro atoms. The fraction of sp³-hybridized carbons (Fsp3) is 0.632. The maximum absolute atomic E-state index is 13.7. The van der Waals surface area contributed by atoms with Crippen molar-refractivity contribution in [3.63, 3.8) is 0 Å². The summed E-state index contributed by atoms with van der Waals surface area (Å²) in [7, 11) is 0. The zero-order valence-electron chi connectivity index (χ0n) is 14.7. The van der Waals surface area contributed by atoms with Crippen molar-refractivity contribution in [2.75, 3.05) is 39.4 Å². The van der Waals surface area contributed by atoms with Gasteiger partial charge in [-0.2, -0.15) is 0 Å². The van der Waals surface area contributed by atoms with E-state index in [2.05, 4.69) is 15.5 Å². The Kier molecular flexibility index (Phi) is 6.64. The number of carbonyl (C=O) groups excluding carboxylic acids is 1. The molecule has 0 saturated carbocycles. The van der Waals surface area contributed by atoms with Gasteiger partial charge in [0.1, 0.15) is 5.82 Å². The molecule has 2 saturated heterocycles. The summed E-state index contributed by atoms with van der Waals surface area (Å²) >= 11 is 0. The molecule has 1 aromatic carbocycles. The number of ether oxygens (including phenoxy) is 1. The van der Waals surface area contributed by atoms with Crippen molar-refractivity contribution < 1.29 is 13.9 Å². The van der Waals surface area contributed by atoms with Gasteiger partial charge in [-0.25, -0.2) is 9.18 Å². The molecule has 2 aliphatic rings. The SMILES string of the molecule is O=C(NCC1CCN(Cc2ccccc2F)CC1)NCC1CCOC1. The lowest BCUT2D eigenvalue weighted by Crippen LogP contribution is -2.43. The minimum Gasteiger partial charge on any atom is -0.381 e. The Morgan fingerprint density at radius 2 is 1.84 bits per heavy atom. The highest BCUT2D eigenvalue weighted by molar-refractivity contribution is 5.73. The van der Waals surface area contributed by atoms with Gasteiger partial charge in [0.25, 0.3) is 0 Å². The first-order valence-electron chi connectivity index (χ1n) is 9.26. The molecule has 2 amide bonds. The van der Waals surface area contributed by atoms with Gasteiger partial charge in [0.05, 0.1) is 6.61 Å². The first-order chi connectivity index (χ1) is 12.2. The van der Waals surface area contributed by atoms with Crippen LogP contribution in [0.15, 0.2) is 24.3 Å². The summed E-state index contributed by atoms with van der Waals surface area (Å²) in [4.78, 5) is 14.2. The van der Waals surface area contributed by atoms with Gasteiger partial charge < -0.3 is 15.4 Å². The lowest BCUT2D eigenvalue weighted by molar-refractivity contribution is 0.172. The van der Waals surface area contributed by atoms with Crippen LogP contribution in [-0.2, 0) is 11.3 Å². The topological polar surface area (TPSA) is 53.6 Å². The number of hydrogen-bond acceptors (Lipinski definition) is 3. The van der Waals surface area contributed by atoms with E-state index in [0.29, 0.717) is 31.5 Å². The van der Waals surface area contributed by atoms with Crippen LogP contribution < -0.4 is 10.6 Å². The van der Waals surface area contributed by atoms with Crippen LogP contribution in [0.3, 0.4) is 0 Å². The average Bonchev–Trinajstić information content (AvgIpc) is 3.15. The van der Waals surface area contributed by atoms with Crippen LogP contribution in [0.25, 0.3) is 0 Å². The highest BCUT2D eigenvalue weighted by Crippen LogP contribution is 2.19. The van der Waals surface area contributed by atoms with Crippen molar-refractivity contribution in [1.29, 1.82) is 0 Å². The first-order valence-corrected chi connectivity index (χ1v) is 9.26. The summed E-state index contributed by atoms with van der Waals surface area (Å²) in [6.45, 7) is 5.51. The molecule has 3 rings (SSSR count). The number of piperidine rings is 1. The predicted molar refractivity (Wildman–Crippen MR) is 94.7 cm³/mol. The molecule has 1 atom stereocenters. The van der Waals surface area contributed by atoms with E-state index in [9.17, 15) is 9.18 Å². The number of nitrogens with zero attached hydrogens (tertiary/aromatic N) is 1. The van der Waals surface area contributed by atoms with Crippen molar-refractivity contribution in [1.82, 2.24) is 15.5 Å². The number of urea groups is 1. The van der Waals surface area contributed by atoms with Gasteiger partial charge in [-0.3, -0.25) is 4.90 Å². The summed E-state index contributed by atoms with van der Waals surface area (Å²) in [6.07, 6.45) is 3.09. The molecular formula is C19H28FN3O2. The van der Waals surface area contributed by atoms with Crippen molar-refractivity contribution in [2.24, 2.45) is 11.8 Å². The number of hydrogen-bond donors (Lipinski definition) is 2. The van der Waals surface area contributed by atoms with Crippen molar-refractivity contribution in [3.8, 4) is 0 Å². The molecule has 138 valence electrons. The minimum atomic E-state index is -0.129.